The van der Waals surface area contributed by atoms with E-state index in [-0.39, 0.29) is 5.78 Å². The molecule has 4 heteroatoms. The molecule has 0 aliphatic heterocycles. The van der Waals surface area contributed by atoms with Gasteiger partial charge in [0.05, 0.1) is 5.56 Å². The Kier molecular flexibility index (Phi) is 3.77. The van der Waals surface area contributed by atoms with Crippen molar-refractivity contribution in [2.45, 2.75) is 13.3 Å². The molecule has 18 heavy (non-hydrogen) atoms. The molecule has 0 aliphatic rings. The zero-order valence-corrected chi connectivity index (χ0v) is 11.6. The van der Waals surface area contributed by atoms with Crippen LogP contribution in [0.1, 0.15) is 21.5 Å². The number of nitrogens with zero attached hydrogens (tertiary/aromatic N) is 1. The Morgan fingerprint density at radius 3 is 2.67 bits per heavy atom. The third-order valence-electron chi connectivity index (χ3n) is 2.63. The summed E-state index contributed by atoms with van der Waals surface area (Å²) < 4.78 is 0.996. The van der Waals surface area contributed by atoms with Crippen LogP contribution in [0.5, 0.6) is 0 Å². The number of benzene rings is 1. The first-order valence-electron chi connectivity index (χ1n) is 5.56. The van der Waals surface area contributed by atoms with E-state index in [4.69, 9.17) is 5.73 Å². The Hall–Kier alpha value is -1.68. The smallest absolute Gasteiger partial charge is 0.170 e. The lowest BCUT2D eigenvalue weighted by Crippen LogP contribution is -2.08. The van der Waals surface area contributed by atoms with Crippen molar-refractivity contribution in [1.29, 1.82) is 0 Å². The number of nitrogen functional groups attached to an aromatic ring is 1. The lowest BCUT2D eigenvalue weighted by atomic mass is 10.0. The molecule has 0 aliphatic carbocycles. The third kappa shape index (κ3) is 2.96. The van der Waals surface area contributed by atoms with Crippen LogP contribution in [0.4, 0.5) is 5.82 Å². The number of carbonyl (C=O) groups excluding carboxylic acids is 1. The number of aryl methyl sites for hydroxylation is 1. The largest absolute Gasteiger partial charge is 0.383 e. The molecule has 3 nitrogen and oxygen atoms in total. The van der Waals surface area contributed by atoms with Gasteiger partial charge in [-0.05, 0) is 36.2 Å². The summed E-state index contributed by atoms with van der Waals surface area (Å²) in [5, 5.41) is 0. The minimum absolute atomic E-state index is 0.00831. The molecule has 1 aromatic heterocycles. The molecule has 0 spiro atoms. The van der Waals surface area contributed by atoms with Crippen LogP contribution >= 0.6 is 15.9 Å². The molecule has 0 bridgehead atoms. The van der Waals surface area contributed by atoms with Crippen LogP contribution in [0, 0.1) is 6.92 Å². The molecule has 2 rings (SSSR count). The van der Waals surface area contributed by atoms with Crippen LogP contribution in [-0.4, -0.2) is 10.8 Å². The maximum Gasteiger partial charge on any atom is 0.170 e. The second kappa shape index (κ2) is 5.31. The Balaban J connectivity index is 2.21. The van der Waals surface area contributed by atoms with Gasteiger partial charge in [-0.2, -0.15) is 0 Å². The number of Topliss-reactive ketones (excluding diaryl/α,β-unsaturated/α-hetero) is 1. The van der Waals surface area contributed by atoms with Crippen molar-refractivity contribution in [3.63, 3.8) is 0 Å². The molecule has 0 fully saturated rings. The van der Waals surface area contributed by atoms with Crippen molar-refractivity contribution in [2.75, 3.05) is 5.73 Å². The van der Waals surface area contributed by atoms with E-state index in [9.17, 15) is 4.79 Å². The van der Waals surface area contributed by atoms with E-state index in [0.717, 1.165) is 15.6 Å². The lowest BCUT2D eigenvalue weighted by molar-refractivity contribution is 0.0993. The van der Waals surface area contributed by atoms with Gasteiger partial charge in [0.25, 0.3) is 0 Å². The van der Waals surface area contributed by atoms with E-state index >= 15 is 0 Å². The molecule has 2 aromatic rings. The number of pyridine rings is 1. The predicted molar refractivity (Wildman–Crippen MR) is 75.6 cm³/mol. The molecule has 0 saturated heterocycles. The van der Waals surface area contributed by atoms with Crippen molar-refractivity contribution in [1.82, 2.24) is 4.98 Å². The van der Waals surface area contributed by atoms with Crippen molar-refractivity contribution in [3.05, 3.63) is 57.7 Å². The summed E-state index contributed by atoms with van der Waals surface area (Å²) in [5.74, 6) is 0.286. The SMILES string of the molecule is Cc1cnc(N)c(C(=O)Cc2ccc(Br)cc2)c1. The van der Waals surface area contributed by atoms with Gasteiger partial charge in [-0.1, -0.05) is 28.1 Å². The van der Waals surface area contributed by atoms with Crippen LogP contribution in [-0.2, 0) is 6.42 Å². The topological polar surface area (TPSA) is 56.0 Å². The van der Waals surface area contributed by atoms with Gasteiger partial charge < -0.3 is 5.73 Å². The molecule has 0 amide bonds. The molecule has 2 N–H and O–H groups in total. The number of hydrogen-bond donors (Lipinski definition) is 1. The highest BCUT2D eigenvalue weighted by Gasteiger charge is 2.11. The first-order chi connectivity index (χ1) is 8.56. The molecular weight excluding hydrogens is 292 g/mol. The molecule has 0 saturated carbocycles. The average molecular weight is 305 g/mol. The van der Waals surface area contributed by atoms with Crippen LogP contribution in [0.25, 0.3) is 0 Å². The number of rotatable bonds is 3. The summed E-state index contributed by atoms with van der Waals surface area (Å²) in [7, 11) is 0. The maximum atomic E-state index is 12.1. The van der Waals surface area contributed by atoms with Gasteiger partial charge in [-0.3, -0.25) is 4.79 Å². The first-order valence-corrected chi connectivity index (χ1v) is 6.35. The monoisotopic (exact) mass is 304 g/mol. The molecule has 0 unspecified atom stereocenters. The fourth-order valence-electron chi connectivity index (χ4n) is 1.69. The highest BCUT2D eigenvalue weighted by atomic mass is 79.9. The van der Waals surface area contributed by atoms with Crippen LogP contribution in [0.15, 0.2) is 41.0 Å². The summed E-state index contributed by atoms with van der Waals surface area (Å²) in [5.41, 5.74) is 8.12. The van der Waals surface area contributed by atoms with Gasteiger partial charge in [-0.15, -0.1) is 0 Å². The fraction of sp³-hybridized carbons (Fsp3) is 0.143. The second-order valence-corrected chi connectivity index (χ2v) is 5.09. The Labute approximate surface area is 114 Å². The number of anilines is 1. The molecule has 0 atom stereocenters. The van der Waals surface area contributed by atoms with Gasteiger partial charge in [0.1, 0.15) is 5.82 Å². The minimum atomic E-state index is -0.00831. The van der Waals surface area contributed by atoms with Crippen LogP contribution in [0.3, 0.4) is 0 Å². The summed E-state index contributed by atoms with van der Waals surface area (Å²) in [6.07, 6.45) is 1.99. The number of carbonyl (C=O) groups is 1. The van der Waals surface area contributed by atoms with Crippen molar-refractivity contribution in [3.8, 4) is 0 Å². The molecular formula is C14H13BrN2O. The minimum Gasteiger partial charge on any atom is -0.383 e. The Morgan fingerprint density at radius 1 is 1.33 bits per heavy atom. The molecule has 0 radical (unpaired) electrons. The van der Waals surface area contributed by atoms with Crippen molar-refractivity contribution < 1.29 is 4.79 Å². The quantitative estimate of drug-likeness (QED) is 0.886. The third-order valence-corrected chi connectivity index (χ3v) is 3.16. The van der Waals surface area contributed by atoms with Crippen molar-refractivity contribution in [2.24, 2.45) is 0 Å². The molecule has 1 aromatic carbocycles. The zero-order chi connectivity index (χ0) is 13.1. The highest BCUT2D eigenvalue weighted by molar-refractivity contribution is 9.10. The van der Waals surface area contributed by atoms with Crippen molar-refractivity contribution >= 4 is 27.5 Å². The van der Waals surface area contributed by atoms with Gasteiger partial charge in [0.15, 0.2) is 5.78 Å². The Bertz CT molecular complexity index is 579. The van der Waals surface area contributed by atoms with Crippen LogP contribution in [0.2, 0.25) is 0 Å². The summed E-state index contributed by atoms with van der Waals surface area (Å²) in [6, 6.07) is 9.45. The predicted octanol–water partition coefficient (Wildman–Crippen LogP) is 3.16. The number of ketones is 1. The summed E-state index contributed by atoms with van der Waals surface area (Å²) >= 11 is 3.36. The van der Waals surface area contributed by atoms with Gasteiger partial charge in [-0.25, -0.2) is 4.98 Å². The zero-order valence-electron chi connectivity index (χ0n) is 9.98. The highest BCUT2D eigenvalue weighted by Crippen LogP contribution is 2.16. The summed E-state index contributed by atoms with van der Waals surface area (Å²) in [4.78, 5) is 16.1. The van der Waals surface area contributed by atoms with Gasteiger partial charge in [0.2, 0.25) is 0 Å². The van der Waals surface area contributed by atoms with E-state index in [0.29, 0.717) is 17.8 Å². The Morgan fingerprint density at radius 2 is 2.00 bits per heavy atom. The second-order valence-electron chi connectivity index (χ2n) is 4.17. The van der Waals surface area contributed by atoms with Crippen LogP contribution < -0.4 is 5.73 Å². The standard InChI is InChI=1S/C14H13BrN2O/c1-9-6-12(14(16)17-8-9)13(18)7-10-2-4-11(15)5-3-10/h2-6,8H,7H2,1H3,(H2,16,17). The van der Waals surface area contributed by atoms with Gasteiger partial charge in [0, 0.05) is 17.1 Å². The van der Waals surface area contributed by atoms with E-state index in [1.807, 2.05) is 31.2 Å². The molecule has 92 valence electrons. The summed E-state index contributed by atoms with van der Waals surface area (Å²) in [6.45, 7) is 1.89. The number of halogens is 1. The normalized spacial score (nSPS) is 10.3. The number of aromatic nitrogens is 1. The van der Waals surface area contributed by atoms with E-state index in [2.05, 4.69) is 20.9 Å². The number of hydrogen-bond acceptors (Lipinski definition) is 3. The van der Waals surface area contributed by atoms with Gasteiger partial charge >= 0.3 is 0 Å². The number of nitrogens with two attached hydrogens (primary N) is 1. The average Bonchev–Trinajstić information content (AvgIpc) is 2.35. The van der Waals surface area contributed by atoms with E-state index < -0.39 is 0 Å². The molecule has 1 heterocycles. The first kappa shape index (κ1) is 12.8. The fourth-order valence-corrected chi connectivity index (χ4v) is 1.95. The maximum absolute atomic E-state index is 12.1. The van der Waals surface area contributed by atoms with E-state index in [1.54, 1.807) is 12.3 Å². The lowest BCUT2D eigenvalue weighted by Gasteiger charge is -2.05. The van der Waals surface area contributed by atoms with E-state index in [1.165, 1.54) is 0 Å².